The van der Waals surface area contributed by atoms with Gasteiger partial charge in [0.25, 0.3) is 0 Å². The van der Waals surface area contributed by atoms with Gasteiger partial charge in [0.2, 0.25) is 0 Å². The van der Waals surface area contributed by atoms with Crippen molar-refractivity contribution in [2.45, 2.75) is 30.4 Å². The summed E-state index contributed by atoms with van der Waals surface area (Å²) in [4.78, 5) is 4.99. The zero-order valence-electron chi connectivity index (χ0n) is 7.82. The first-order valence-electron chi connectivity index (χ1n) is 4.28. The molecule has 0 bridgehead atoms. The van der Waals surface area contributed by atoms with Gasteiger partial charge in [-0.2, -0.15) is 5.26 Å². The average Bonchev–Trinajstić information content (AvgIpc) is 2.18. The fraction of sp³-hybridized carbons (Fsp3) is 0.400. The van der Waals surface area contributed by atoms with E-state index in [0.29, 0.717) is 5.25 Å². The first-order valence-corrected chi connectivity index (χ1v) is 5.16. The summed E-state index contributed by atoms with van der Waals surface area (Å²) in [6, 6.07) is 3.92. The van der Waals surface area contributed by atoms with Crippen molar-refractivity contribution in [2.75, 3.05) is 0 Å². The number of nitriles is 1. The Morgan fingerprint density at radius 2 is 2.46 bits per heavy atom. The minimum Gasteiger partial charge on any atom is -0.263 e. The smallest absolute Gasteiger partial charge is 0.100 e. The van der Waals surface area contributed by atoms with Gasteiger partial charge in [0, 0.05) is 22.5 Å². The number of aromatic nitrogens is 1. The van der Waals surface area contributed by atoms with Crippen molar-refractivity contribution in [3.63, 3.8) is 0 Å². The molecule has 0 N–H and O–H groups in total. The average molecular weight is 192 g/mol. The molecule has 0 spiro atoms. The molecule has 3 heteroatoms. The van der Waals surface area contributed by atoms with Crippen molar-refractivity contribution >= 4 is 11.8 Å². The van der Waals surface area contributed by atoms with Crippen LogP contribution in [-0.4, -0.2) is 10.2 Å². The van der Waals surface area contributed by atoms with Crippen LogP contribution in [-0.2, 0) is 0 Å². The van der Waals surface area contributed by atoms with Crippen LogP contribution in [0.3, 0.4) is 0 Å². The summed E-state index contributed by atoms with van der Waals surface area (Å²) in [6.07, 6.45) is 4.51. The molecule has 13 heavy (non-hydrogen) atoms. The normalized spacial score (nSPS) is 12.1. The Bertz CT molecular complexity index is 317. The van der Waals surface area contributed by atoms with Crippen molar-refractivity contribution < 1.29 is 0 Å². The first kappa shape index (κ1) is 10.1. The van der Waals surface area contributed by atoms with Crippen LogP contribution in [0.25, 0.3) is 0 Å². The van der Waals surface area contributed by atoms with E-state index < -0.39 is 0 Å². The van der Waals surface area contributed by atoms with Crippen molar-refractivity contribution in [2.24, 2.45) is 0 Å². The standard InChI is InChI=1S/C10H12N2S/c1-3-8(2)13-10-7-12-5-4-9(10)6-11/h4-5,7-8H,3H2,1-2H3. The molecule has 0 aliphatic rings. The lowest BCUT2D eigenvalue weighted by Crippen LogP contribution is -1.93. The SMILES string of the molecule is CCC(C)Sc1cnccc1C#N. The van der Waals surface area contributed by atoms with Crippen LogP contribution in [0.2, 0.25) is 0 Å². The third-order valence-electron chi connectivity index (χ3n) is 1.81. The highest BCUT2D eigenvalue weighted by Gasteiger charge is 2.05. The summed E-state index contributed by atoms with van der Waals surface area (Å²) >= 11 is 1.71. The second-order valence-electron chi connectivity index (χ2n) is 2.82. The molecule has 1 unspecified atom stereocenters. The molecule has 1 atom stereocenters. The number of hydrogen-bond acceptors (Lipinski definition) is 3. The van der Waals surface area contributed by atoms with Gasteiger partial charge < -0.3 is 0 Å². The minimum absolute atomic E-state index is 0.538. The van der Waals surface area contributed by atoms with E-state index in [4.69, 9.17) is 5.26 Å². The lowest BCUT2D eigenvalue weighted by molar-refractivity contribution is 0.904. The summed E-state index contributed by atoms with van der Waals surface area (Å²) in [7, 11) is 0. The topological polar surface area (TPSA) is 36.7 Å². The summed E-state index contributed by atoms with van der Waals surface area (Å²) in [6.45, 7) is 4.29. The molecule has 1 aromatic rings. The van der Waals surface area contributed by atoms with Crippen LogP contribution in [0.4, 0.5) is 0 Å². The van der Waals surface area contributed by atoms with Gasteiger partial charge >= 0.3 is 0 Å². The van der Waals surface area contributed by atoms with Crippen LogP contribution >= 0.6 is 11.8 Å². The Morgan fingerprint density at radius 3 is 3.08 bits per heavy atom. The zero-order chi connectivity index (χ0) is 9.68. The Morgan fingerprint density at radius 1 is 1.69 bits per heavy atom. The van der Waals surface area contributed by atoms with E-state index in [1.807, 2.05) is 0 Å². The van der Waals surface area contributed by atoms with E-state index in [1.54, 1.807) is 30.2 Å². The van der Waals surface area contributed by atoms with Crippen LogP contribution in [0, 0.1) is 11.3 Å². The van der Waals surface area contributed by atoms with Crippen molar-refractivity contribution in [1.82, 2.24) is 4.98 Å². The molecule has 0 amide bonds. The van der Waals surface area contributed by atoms with Crippen LogP contribution in [0.1, 0.15) is 25.8 Å². The predicted octanol–water partition coefficient (Wildman–Crippen LogP) is 2.84. The molecule has 0 aromatic carbocycles. The molecule has 0 aliphatic heterocycles. The maximum absolute atomic E-state index is 8.81. The van der Waals surface area contributed by atoms with Crippen LogP contribution in [0.15, 0.2) is 23.4 Å². The van der Waals surface area contributed by atoms with Gasteiger partial charge in [0.15, 0.2) is 0 Å². The van der Waals surface area contributed by atoms with Crippen molar-refractivity contribution in [1.29, 1.82) is 5.26 Å². The lowest BCUT2D eigenvalue weighted by Gasteiger charge is -2.08. The highest BCUT2D eigenvalue weighted by molar-refractivity contribution is 8.00. The van der Waals surface area contributed by atoms with Crippen molar-refractivity contribution in [3.8, 4) is 6.07 Å². The monoisotopic (exact) mass is 192 g/mol. The third kappa shape index (κ3) is 2.74. The van der Waals surface area contributed by atoms with Gasteiger partial charge in [0.1, 0.15) is 6.07 Å². The summed E-state index contributed by atoms with van der Waals surface area (Å²) in [5.74, 6) is 0. The molecule has 1 heterocycles. The summed E-state index contributed by atoms with van der Waals surface area (Å²) < 4.78 is 0. The number of nitrogens with zero attached hydrogens (tertiary/aromatic N) is 2. The fourth-order valence-electron chi connectivity index (χ4n) is 0.866. The maximum Gasteiger partial charge on any atom is 0.100 e. The first-order chi connectivity index (χ1) is 6.27. The molecule has 0 saturated heterocycles. The third-order valence-corrected chi connectivity index (χ3v) is 3.12. The zero-order valence-corrected chi connectivity index (χ0v) is 8.64. The Hall–Kier alpha value is -1.01. The van der Waals surface area contributed by atoms with Crippen molar-refractivity contribution in [3.05, 3.63) is 24.0 Å². The molecule has 1 rings (SSSR count). The highest BCUT2D eigenvalue weighted by atomic mass is 32.2. The largest absolute Gasteiger partial charge is 0.263 e. The van der Waals surface area contributed by atoms with Gasteiger partial charge in [-0.25, -0.2) is 0 Å². The van der Waals surface area contributed by atoms with E-state index in [0.717, 1.165) is 16.9 Å². The number of hydrogen-bond donors (Lipinski definition) is 0. The number of thioether (sulfide) groups is 1. The molecular weight excluding hydrogens is 180 g/mol. The summed E-state index contributed by atoms with van der Waals surface area (Å²) in [5.41, 5.74) is 0.723. The van der Waals surface area contributed by atoms with E-state index in [2.05, 4.69) is 24.9 Å². The molecule has 0 saturated carbocycles. The molecule has 0 fully saturated rings. The molecule has 0 radical (unpaired) electrons. The fourth-order valence-corrected chi connectivity index (χ4v) is 1.83. The maximum atomic E-state index is 8.81. The second kappa shape index (κ2) is 4.88. The van der Waals surface area contributed by atoms with E-state index in [-0.39, 0.29) is 0 Å². The lowest BCUT2D eigenvalue weighted by atomic mass is 10.3. The van der Waals surface area contributed by atoms with Gasteiger partial charge in [-0.3, -0.25) is 4.98 Å². The van der Waals surface area contributed by atoms with Gasteiger partial charge in [-0.15, -0.1) is 11.8 Å². The van der Waals surface area contributed by atoms with Crippen LogP contribution in [0.5, 0.6) is 0 Å². The van der Waals surface area contributed by atoms with Gasteiger partial charge in [-0.05, 0) is 12.5 Å². The number of rotatable bonds is 3. The van der Waals surface area contributed by atoms with Gasteiger partial charge in [0.05, 0.1) is 5.56 Å². The molecule has 68 valence electrons. The Kier molecular flexibility index (Phi) is 3.78. The second-order valence-corrected chi connectivity index (χ2v) is 4.30. The Balaban J connectivity index is 2.82. The predicted molar refractivity (Wildman–Crippen MR) is 54.6 cm³/mol. The number of pyridine rings is 1. The van der Waals surface area contributed by atoms with Gasteiger partial charge in [-0.1, -0.05) is 13.8 Å². The highest BCUT2D eigenvalue weighted by Crippen LogP contribution is 2.26. The van der Waals surface area contributed by atoms with E-state index in [9.17, 15) is 0 Å². The molecule has 0 aliphatic carbocycles. The van der Waals surface area contributed by atoms with E-state index in [1.165, 1.54) is 0 Å². The van der Waals surface area contributed by atoms with Crippen LogP contribution < -0.4 is 0 Å². The molecule has 2 nitrogen and oxygen atoms in total. The molecule has 1 aromatic heterocycles. The quantitative estimate of drug-likeness (QED) is 0.691. The summed E-state index contributed by atoms with van der Waals surface area (Å²) in [5, 5.41) is 9.35. The molecular formula is C10H12N2S. The van der Waals surface area contributed by atoms with E-state index >= 15 is 0 Å². The Labute approximate surface area is 83.0 Å². The minimum atomic E-state index is 0.538.